The average molecular weight is 485 g/mol. The summed E-state index contributed by atoms with van der Waals surface area (Å²) >= 11 is 6.08. The molecule has 2 heterocycles. The van der Waals surface area contributed by atoms with E-state index >= 15 is 0 Å². The molecule has 1 aliphatic rings. The highest BCUT2D eigenvalue weighted by Gasteiger charge is 2.12. The van der Waals surface area contributed by atoms with Gasteiger partial charge < -0.3 is 20.3 Å². The number of nitriles is 1. The molecule has 9 nitrogen and oxygen atoms in total. The van der Waals surface area contributed by atoms with Crippen molar-refractivity contribution in [1.29, 1.82) is 5.26 Å². The summed E-state index contributed by atoms with van der Waals surface area (Å²) in [4.78, 5) is 30.7. The molecule has 34 heavy (non-hydrogen) atoms. The molecule has 0 spiro atoms. The molecule has 0 unspecified atom stereocenters. The fourth-order valence-electron chi connectivity index (χ4n) is 3.54. The van der Waals surface area contributed by atoms with Gasteiger partial charge in [0, 0.05) is 30.7 Å². The number of aromatic nitrogens is 1. The molecule has 0 saturated carbocycles. The quantitative estimate of drug-likeness (QED) is 0.438. The van der Waals surface area contributed by atoms with Crippen LogP contribution < -0.4 is 20.7 Å². The van der Waals surface area contributed by atoms with Crippen molar-refractivity contribution in [1.82, 2.24) is 15.2 Å². The van der Waals surface area contributed by atoms with Gasteiger partial charge in [-0.25, -0.2) is 9.78 Å². The first-order valence-electron chi connectivity index (χ1n) is 11.4. The summed E-state index contributed by atoms with van der Waals surface area (Å²) in [5.74, 6) is 0.813. The third kappa shape index (κ3) is 8.54. The van der Waals surface area contributed by atoms with E-state index in [1.54, 1.807) is 24.3 Å². The van der Waals surface area contributed by atoms with E-state index in [1.807, 2.05) is 6.07 Å². The maximum absolute atomic E-state index is 12.4. The molecule has 0 bridgehead atoms. The van der Waals surface area contributed by atoms with Gasteiger partial charge >= 0.3 is 6.03 Å². The molecule has 2 aromatic rings. The topological polar surface area (TPSA) is 119 Å². The lowest BCUT2D eigenvalue weighted by Gasteiger charge is -2.25. The number of benzene rings is 1. The van der Waals surface area contributed by atoms with Crippen LogP contribution in [0.2, 0.25) is 5.02 Å². The third-order valence-corrected chi connectivity index (χ3v) is 5.56. The zero-order chi connectivity index (χ0) is 24.2. The summed E-state index contributed by atoms with van der Waals surface area (Å²) in [6.45, 7) is 3.85. The summed E-state index contributed by atoms with van der Waals surface area (Å²) in [7, 11) is 0. The van der Waals surface area contributed by atoms with Crippen molar-refractivity contribution >= 4 is 35.0 Å². The number of carbonyl (C=O) groups is 2. The van der Waals surface area contributed by atoms with Crippen molar-refractivity contribution in [2.24, 2.45) is 0 Å². The first kappa shape index (κ1) is 25.3. The van der Waals surface area contributed by atoms with Gasteiger partial charge in [-0.3, -0.25) is 10.1 Å². The minimum absolute atomic E-state index is 0.0486. The Kier molecular flexibility index (Phi) is 9.95. The van der Waals surface area contributed by atoms with E-state index in [4.69, 9.17) is 21.6 Å². The number of ether oxygens (including phenoxy) is 1. The Labute approximate surface area is 204 Å². The van der Waals surface area contributed by atoms with Crippen LogP contribution in [0.1, 0.15) is 37.7 Å². The molecule has 3 amide bonds. The summed E-state index contributed by atoms with van der Waals surface area (Å²) in [6, 6.07) is 9.48. The molecule has 3 rings (SSSR count). The van der Waals surface area contributed by atoms with Gasteiger partial charge in [0.2, 0.25) is 5.91 Å². The summed E-state index contributed by atoms with van der Waals surface area (Å²) in [6.07, 6.45) is 6.22. The standard InChI is InChI=1S/C24H29ClN6O3/c25-19-6-7-21(20(15-19)29-24(33)30-22-8-5-18(16-26)17-28-22)34-14-4-10-27-23(32)9-13-31-11-2-1-3-12-31/h5-8,15,17H,1-4,9-14H2,(H,27,32)(H2,28,29,30,33). The van der Waals surface area contributed by atoms with E-state index < -0.39 is 6.03 Å². The molecular weight excluding hydrogens is 456 g/mol. The molecule has 1 fully saturated rings. The largest absolute Gasteiger partial charge is 0.491 e. The Bertz CT molecular complexity index is 1000. The number of piperidine rings is 1. The van der Waals surface area contributed by atoms with Crippen LogP contribution in [0.5, 0.6) is 5.75 Å². The van der Waals surface area contributed by atoms with Crippen molar-refractivity contribution in [3.8, 4) is 11.8 Å². The second-order valence-corrected chi connectivity index (χ2v) is 8.40. The number of nitrogens with one attached hydrogen (secondary N) is 3. The van der Waals surface area contributed by atoms with Gasteiger partial charge in [-0.1, -0.05) is 18.0 Å². The van der Waals surface area contributed by atoms with Gasteiger partial charge in [-0.15, -0.1) is 0 Å². The van der Waals surface area contributed by atoms with Crippen molar-refractivity contribution < 1.29 is 14.3 Å². The SMILES string of the molecule is N#Cc1ccc(NC(=O)Nc2cc(Cl)ccc2OCCCNC(=O)CCN2CCCCC2)nc1. The number of pyridine rings is 1. The molecule has 1 aromatic heterocycles. The monoisotopic (exact) mass is 484 g/mol. The number of hydrogen-bond acceptors (Lipinski definition) is 6. The van der Waals surface area contributed by atoms with Crippen molar-refractivity contribution in [3.63, 3.8) is 0 Å². The molecule has 10 heteroatoms. The Morgan fingerprint density at radius 3 is 2.71 bits per heavy atom. The minimum Gasteiger partial charge on any atom is -0.491 e. The van der Waals surface area contributed by atoms with Crippen molar-refractivity contribution in [2.75, 3.05) is 43.4 Å². The molecular formula is C24H29ClN6O3. The highest BCUT2D eigenvalue weighted by molar-refractivity contribution is 6.31. The lowest BCUT2D eigenvalue weighted by molar-refractivity contribution is -0.121. The smallest absolute Gasteiger partial charge is 0.324 e. The van der Waals surface area contributed by atoms with Gasteiger partial charge in [-0.2, -0.15) is 5.26 Å². The maximum Gasteiger partial charge on any atom is 0.324 e. The Morgan fingerprint density at radius 1 is 1.15 bits per heavy atom. The number of rotatable bonds is 10. The van der Waals surface area contributed by atoms with Gasteiger partial charge in [0.15, 0.2) is 0 Å². The van der Waals surface area contributed by atoms with Crippen LogP contribution >= 0.6 is 11.6 Å². The van der Waals surface area contributed by atoms with Crippen LogP contribution in [-0.4, -0.2) is 54.6 Å². The van der Waals surface area contributed by atoms with Gasteiger partial charge in [-0.05, 0) is 62.7 Å². The highest BCUT2D eigenvalue weighted by atomic mass is 35.5. The first-order valence-corrected chi connectivity index (χ1v) is 11.8. The molecule has 1 aromatic carbocycles. The van der Waals surface area contributed by atoms with Crippen molar-refractivity contribution in [2.45, 2.75) is 32.1 Å². The molecule has 0 atom stereocenters. The number of anilines is 2. The number of amides is 3. The molecule has 1 saturated heterocycles. The van der Waals surface area contributed by atoms with Gasteiger partial charge in [0.05, 0.1) is 17.9 Å². The number of carbonyl (C=O) groups excluding carboxylic acids is 2. The van der Waals surface area contributed by atoms with Crippen LogP contribution in [0, 0.1) is 11.3 Å². The summed E-state index contributed by atoms with van der Waals surface area (Å²) in [5, 5.41) is 17.5. The van der Waals surface area contributed by atoms with Crippen LogP contribution in [0.15, 0.2) is 36.5 Å². The van der Waals surface area contributed by atoms with Crippen LogP contribution in [0.25, 0.3) is 0 Å². The van der Waals surface area contributed by atoms with E-state index in [-0.39, 0.29) is 5.91 Å². The zero-order valence-electron chi connectivity index (χ0n) is 19.0. The molecule has 0 aliphatic carbocycles. The fraction of sp³-hybridized carbons (Fsp3) is 0.417. The molecule has 180 valence electrons. The Balaban J connectivity index is 1.40. The predicted octanol–water partition coefficient (Wildman–Crippen LogP) is 4.01. The number of hydrogen-bond donors (Lipinski definition) is 3. The molecule has 1 aliphatic heterocycles. The summed E-state index contributed by atoms with van der Waals surface area (Å²) in [5.41, 5.74) is 0.805. The van der Waals surface area contributed by atoms with E-state index in [0.29, 0.717) is 53.8 Å². The van der Waals surface area contributed by atoms with E-state index in [9.17, 15) is 9.59 Å². The normalized spacial score (nSPS) is 13.5. The fourth-order valence-corrected chi connectivity index (χ4v) is 3.71. The lowest BCUT2D eigenvalue weighted by Crippen LogP contribution is -2.34. The highest BCUT2D eigenvalue weighted by Crippen LogP contribution is 2.28. The second kappa shape index (κ2) is 13.4. The predicted molar refractivity (Wildman–Crippen MR) is 131 cm³/mol. The first-order chi connectivity index (χ1) is 16.5. The average Bonchev–Trinajstić information content (AvgIpc) is 2.85. The Morgan fingerprint density at radius 2 is 1.97 bits per heavy atom. The minimum atomic E-state index is -0.523. The summed E-state index contributed by atoms with van der Waals surface area (Å²) < 4.78 is 5.80. The lowest BCUT2D eigenvalue weighted by atomic mass is 10.1. The number of urea groups is 1. The van der Waals surface area contributed by atoms with Gasteiger partial charge in [0.25, 0.3) is 0 Å². The van der Waals surface area contributed by atoms with Crippen molar-refractivity contribution in [3.05, 3.63) is 47.1 Å². The van der Waals surface area contributed by atoms with Crippen LogP contribution in [-0.2, 0) is 4.79 Å². The van der Waals surface area contributed by atoms with Gasteiger partial charge in [0.1, 0.15) is 17.6 Å². The van der Waals surface area contributed by atoms with E-state index in [2.05, 4.69) is 25.8 Å². The number of halogens is 1. The molecule has 3 N–H and O–H groups in total. The molecule has 0 radical (unpaired) electrons. The number of likely N-dealkylation sites (tertiary alicyclic amines) is 1. The number of nitrogens with zero attached hydrogens (tertiary/aromatic N) is 3. The third-order valence-electron chi connectivity index (χ3n) is 5.33. The van der Waals surface area contributed by atoms with E-state index in [0.717, 1.165) is 19.6 Å². The second-order valence-electron chi connectivity index (χ2n) is 7.97. The maximum atomic E-state index is 12.4. The van der Waals surface area contributed by atoms with Crippen LogP contribution in [0.3, 0.4) is 0 Å². The van der Waals surface area contributed by atoms with Crippen LogP contribution in [0.4, 0.5) is 16.3 Å². The Hall–Kier alpha value is -3.35. The zero-order valence-corrected chi connectivity index (χ0v) is 19.7. The van der Waals surface area contributed by atoms with E-state index in [1.165, 1.54) is 31.5 Å².